The molecule has 1 N–H and O–H groups in total. The molecule has 0 aliphatic carbocycles. The number of aromatic nitrogens is 2. The van der Waals surface area contributed by atoms with Crippen LogP contribution in [0.1, 0.15) is 42.4 Å². The third-order valence-electron chi connectivity index (χ3n) is 3.71. The predicted octanol–water partition coefficient (Wildman–Crippen LogP) is 3.96. The van der Waals surface area contributed by atoms with Gasteiger partial charge in [-0.25, -0.2) is 4.68 Å². The first-order chi connectivity index (χ1) is 11.2. The maximum Gasteiger partial charge on any atom is 0.258 e. The van der Waals surface area contributed by atoms with Crippen LogP contribution in [0, 0.1) is 0 Å². The van der Waals surface area contributed by atoms with Crippen molar-refractivity contribution in [1.29, 1.82) is 0 Å². The number of rotatable bonds is 2. The van der Waals surface area contributed by atoms with Crippen molar-refractivity contribution < 1.29 is 9.00 Å². The first-order valence-corrected chi connectivity index (χ1v) is 9.64. The molecule has 2 heterocycles. The van der Waals surface area contributed by atoms with Crippen molar-refractivity contribution in [2.75, 3.05) is 5.32 Å². The fourth-order valence-corrected chi connectivity index (χ4v) is 4.35. The Morgan fingerprint density at radius 3 is 2.62 bits per heavy atom. The van der Waals surface area contributed by atoms with E-state index in [0.717, 1.165) is 11.3 Å². The normalized spacial score (nSPS) is 17.0. The molecule has 0 saturated heterocycles. The second kappa shape index (κ2) is 6.17. The van der Waals surface area contributed by atoms with Gasteiger partial charge in [0.1, 0.15) is 5.82 Å². The minimum Gasteiger partial charge on any atom is -0.306 e. The summed E-state index contributed by atoms with van der Waals surface area (Å²) < 4.78 is 13.6. The number of nitrogens with zero attached hydrogens (tertiary/aromatic N) is 2. The molecule has 1 aromatic carbocycles. The first-order valence-electron chi connectivity index (χ1n) is 7.39. The molecule has 1 amide bonds. The molecule has 8 heteroatoms. The van der Waals surface area contributed by atoms with Crippen molar-refractivity contribution in [3.05, 3.63) is 45.1 Å². The Kier molecular flexibility index (Phi) is 4.49. The summed E-state index contributed by atoms with van der Waals surface area (Å²) in [6.45, 7) is 5.99. The van der Waals surface area contributed by atoms with Gasteiger partial charge in [0.05, 0.1) is 33.3 Å². The lowest BCUT2D eigenvalue weighted by molar-refractivity contribution is 0.102. The largest absolute Gasteiger partial charge is 0.306 e. The van der Waals surface area contributed by atoms with Crippen molar-refractivity contribution >= 4 is 45.7 Å². The monoisotopic (exact) mass is 385 g/mol. The molecule has 128 valence electrons. The molecule has 0 saturated carbocycles. The quantitative estimate of drug-likeness (QED) is 0.850. The van der Waals surface area contributed by atoms with E-state index in [1.807, 2.05) is 20.8 Å². The van der Waals surface area contributed by atoms with Crippen LogP contribution in [0.15, 0.2) is 18.2 Å². The summed E-state index contributed by atoms with van der Waals surface area (Å²) in [5.74, 6) is 1.06. The summed E-state index contributed by atoms with van der Waals surface area (Å²) in [6, 6.07) is 4.72. The Labute approximate surface area is 152 Å². The van der Waals surface area contributed by atoms with Gasteiger partial charge in [0.25, 0.3) is 5.91 Å². The van der Waals surface area contributed by atoms with E-state index in [0.29, 0.717) is 27.9 Å². The summed E-state index contributed by atoms with van der Waals surface area (Å²) in [7, 11) is -0.971. The van der Waals surface area contributed by atoms with E-state index in [1.165, 1.54) is 6.07 Å². The summed E-state index contributed by atoms with van der Waals surface area (Å²) in [5, 5.41) is 8.19. The van der Waals surface area contributed by atoms with E-state index in [-0.39, 0.29) is 16.5 Å². The molecule has 0 bridgehead atoms. The maximum atomic E-state index is 12.6. The molecular formula is C16H17Cl2N3O2S. The van der Waals surface area contributed by atoms with Crippen LogP contribution in [0.3, 0.4) is 0 Å². The smallest absolute Gasteiger partial charge is 0.258 e. The molecule has 24 heavy (non-hydrogen) atoms. The lowest BCUT2D eigenvalue weighted by Gasteiger charge is -2.23. The van der Waals surface area contributed by atoms with E-state index >= 15 is 0 Å². The fraction of sp³-hybridized carbons (Fsp3) is 0.375. The van der Waals surface area contributed by atoms with Gasteiger partial charge in [-0.1, -0.05) is 23.2 Å². The molecule has 1 aliphatic heterocycles. The number of hydrogen-bond donors (Lipinski definition) is 1. The highest BCUT2D eigenvalue weighted by Crippen LogP contribution is 2.33. The lowest BCUT2D eigenvalue weighted by Crippen LogP contribution is -2.27. The number of benzene rings is 1. The standard InChI is InChI=1S/C16H17Cl2N3O2S/c1-16(2,3)21-14(11-7-24(23)8-13(11)20-21)19-15(22)10-5-4-9(17)6-12(10)18/h4-6H,7-8H2,1-3H3,(H,19,22). The average Bonchev–Trinajstić information content (AvgIpc) is 2.96. The van der Waals surface area contributed by atoms with E-state index < -0.39 is 10.8 Å². The van der Waals surface area contributed by atoms with Gasteiger partial charge in [0.15, 0.2) is 0 Å². The van der Waals surface area contributed by atoms with Crippen LogP contribution in [0.25, 0.3) is 0 Å². The Bertz CT molecular complexity index is 856. The molecule has 1 atom stereocenters. The summed E-state index contributed by atoms with van der Waals surface area (Å²) >= 11 is 12.0. The van der Waals surface area contributed by atoms with Crippen molar-refractivity contribution in [3.8, 4) is 0 Å². The summed E-state index contributed by atoms with van der Waals surface area (Å²) in [6.07, 6.45) is 0. The number of anilines is 1. The molecule has 0 fully saturated rings. The van der Waals surface area contributed by atoms with Crippen LogP contribution >= 0.6 is 23.2 Å². The molecule has 2 aromatic rings. The highest BCUT2D eigenvalue weighted by molar-refractivity contribution is 7.83. The van der Waals surface area contributed by atoms with E-state index in [9.17, 15) is 9.00 Å². The molecule has 5 nitrogen and oxygen atoms in total. The Balaban J connectivity index is 2.00. The van der Waals surface area contributed by atoms with Crippen LogP contribution in [0.2, 0.25) is 10.0 Å². The third-order valence-corrected chi connectivity index (χ3v) is 5.47. The summed E-state index contributed by atoms with van der Waals surface area (Å²) in [4.78, 5) is 12.6. The number of hydrogen-bond acceptors (Lipinski definition) is 3. The molecule has 0 radical (unpaired) electrons. The molecule has 3 rings (SSSR count). The van der Waals surface area contributed by atoms with Gasteiger partial charge in [-0.05, 0) is 39.0 Å². The van der Waals surface area contributed by atoms with Crippen molar-refractivity contribution in [1.82, 2.24) is 9.78 Å². The van der Waals surface area contributed by atoms with Gasteiger partial charge in [0.2, 0.25) is 0 Å². The number of amides is 1. The number of halogens is 2. The zero-order valence-electron chi connectivity index (χ0n) is 13.5. The first kappa shape index (κ1) is 17.5. The second-order valence-electron chi connectivity index (χ2n) is 6.66. The SMILES string of the molecule is CC(C)(C)n1nc2c(c1NC(=O)c1ccc(Cl)cc1Cl)CS(=O)C2. The van der Waals surface area contributed by atoms with Crippen molar-refractivity contribution in [2.24, 2.45) is 0 Å². The van der Waals surface area contributed by atoms with Gasteiger partial charge < -0.3 is 5.32 Å². The lowest BCUT2D eigenvalue weighted by atomic mass is 10.1. The third kappa shape index (κ3) is 3.23. The van der Waals surface area contributed by atoms with E-state index in [1.54, 1.807) is 16.8 Å². The second-order valence-corrected chi connectivity index (χ2v) is 8.96. The van der Waals surface area contributed by atoms with E-state index in [4.69, 9.17) is 23.2 Å². The van der Waals surface area contributed by atoms with Crippen molar-refractivity contribution in [3.63, 3.8) is 0 Å². The van der Waals surface area contributed by atoms with Crippen LogP contribution in [0.4, 0.5) is 5.82 Å². The molecule has 1 aromatic heterocycles. The van der Waals surface area contributed by atoms with Gasteiger partial charge in [0, 0.05) is 21.4 Å². The van der Waals surface area contributed by atoms with E-state index in [2.05, 4.69) is 10.4 Å². The predicted molar refractivity (Wildman–Crippen MR) is 97.2 cm³/mol. The van der Waals surface area contributed by atoms with Crippen LogP contribution in [-0.2, 0) is 27.8 Å². The topological polar surface area (TPSA) is 64.0 Å². The highest BCUT2D eigenvalue weighted by Gasteiger charge is 2.31. The van der Waals surface area contributed by atoms with Crippen molar-refractivity contribution in [2.45, 2.75) is 37.8 Å². The Hall–Kier alpha value is -1.37. The maximum absolute atomic E-state index is 12.6. The van der Waals surface area contributed by atoms with Crippen LogP contribution in [0.5, 0.6) is 0 Å². The van der Waals surface area contributed by atoms with Crippen LogP contribution < -0.4 is 5.32 Å². The molecule has 0 spiro atoms. The van der Waals surface area contributed by atoms with Gasteiger partial charge >= 0.3 is 0 Å². The molecular weight excluding hydrogens is 369 g/mol. The van der Waals surface area contributed by atoms with Gasteiger partial charge in [-0.15, -0.1) is 0 Å². The Morgan fingerprint density at radius 1 is 1.29 bits per heavy atom. The zero-order chi connectivity index (χ0) is 17.6. The minimum atomic E-state index is -0.971. The highest BCUT2D eigenvalue weighted by atomic mass is 35.5. The number of nitrogens with one attached hydrogen (secondary N) is 1. The zero-order valence-corrected chi connectivity index (χ0v) is 15.8. The van der Waals surface area contributed by atoms with Crippen LogP contribution in [-0.4, -0.2) is 19.9 Å². The minimum absolute atomic E-state index is 0.280. The molecule has 1 unspecified atom stereocenters. The summed E-state index contributed by atoms with van der Waals surface area (Å²) in [5.41, 5.74) is 1.62. The molecule has 1 aliphatic rings. The fourth-order valence-electron chi connectivity index (χ4n) is 2.59. The Morgan fingerprint density at radius 2 is 2.00 bits per heavy atom. The number of carbonyl (C=O) groups is 1. The van der Waals surface area contributed by atoms with Gasteiger partial charge in [-0.2, -0.15) is 5.10 Å². The number of carbonyl (C=O) groups excluding carboxylic acids is 1. The average molecular weight is 386 g/mol. The number of fused-ring (bicyclic) bond motifs is 1. The van der Waals surface area contributed by atoms with Gasteiger partial charge in [-0.3, -0.25) is 9.00 Å².